The van der Waals surface area contributed by atoms with E-state index in [0.717, 1.165) is 48.1 Å². The minimum absolute atomic E-state index is 0.0345. The number of thiocarbonyl (C=S) groups is 1. The predicted octanol–water partition coefficient (Wildman–Crippen LogP) is 2.51. The van der Waals surface area contributed by atoms with Crippen LogP contribution in [0.3, 0.4) is 0 Å². The standard InChI is InChI=1S/C21H26N4O2S/c1-22-21(28)25-12-9-15(10-13-25)20(26)24-19(18-8-3-4-11-23-18)16-6-5-7-17(14-16)27-2/h3-8,11,14-15,19H,9-10,12-13H2,1-2H3,(H,22,28)(H,24,26). The number of amides is 1. The van der Waals surface area contributed by atoms with Crippen LogP contribution in [0.25, 0.3) is 0 Å². The van der Waals surface area contributed by atoms with Crippen LogP contribution >= 0.6 is 12.2 Å². The fraction of sp³-hybridized carbons (Fsp3) is 0.381. The number of carbonyl (C=O) groups is 1. The minimum Gasteiger partial charge on any atom is -0.497 e. The number of methoxy groups -OCH3 is 1. The number of nitrogens with zero attached hydrogens (tertiary/aromatic N) is 2. The summed E-state index contributed by atoms with van der Waals surface area (Å²) in [5.74, 6) is 0.766. The maximum atomic E-state index is 13.0. The van der Waals surface area contributed by atoms with Crippen LogP contribution in [0, 0.1) is 5.92 Å². The van der Waals surface area contributed by atoms with Crippen molar-refractivity contribution in [2.24, 2.45) is 5.92 Å². The topological polar surface area (TPSA) is 66.5 Å². The van der Waals surface area contributed by atoms with Crippen molar-refractivity contribution >= 4 is 23.2 Å². The van der Waals surface area contributed by atoms with Crippen LogP contribution in [-0.4, -0.2) is 48.2 Å². The van der Waals surface area contributed by atoms with Gasteiger partial charge in [-0.1, -0.05) is 18.2 Å². The Morgan fingerprint density at radius 3 is 2.68 bits per heavy atom. The lowest BCUT2D eigenvalue weighted by atomic mass is 9.94. The Kier molecular flexibility index (Phi) is 6.81. The predicted molar refractivity (Wildman–Crippen MR) is 113 cm³/mol. The summed E-state index contributed by atoms with van der Waals surface area (Å²) in [5, 5.41) is 6.94. The number of ether oxygens (including phenoxy) is 1. The van der Waals surface area contributed by atoms with Gasteiger partial charge in [-0.2, -0.15) is 0 Å². The highest BCUT2D eigenvalue weighted by Crippen LogP contribution is 2.26. The zero-order chi connectivity index (χ0) is 19.9. The molecule has 1 aromatic carbocycles. The van der Waals surface area contributed by atoms with Crippen molar-refractivity contribution in [2.75, 3.05) is 27.2 Å². The first-order valence-corrected chi connectivity index (χ1v) is 9.85. The molecule has 28 heavy (non-hydrogen) atoms. The average molecular weight is 399 g/mol. The van der Waals surface area contributed by atoms with Gasteiger partial charge in [-0.05, 0) is 54.9 Å². The summed E-state index contributed by atoms with van der Waals surface area (Å²) in [4.78, 5) is 19.6. The van der Waals surface area contributed by atoms with Gasteiger partial charge >= 0.3 is 0 Å². The number of hydrogen-bond acceptors (Lipinski definition) is 4. The molecule has 2 heterocycles. The van der Waals surface area contributed by atoms with Gasteiger partial charge in [0, 0.05) is 32.3 Å². The van der Waals surface area contributed by atoms with Crippen molar-refractivity contribution in [3.05, 3.63) is 59.9 Å². The van der Waals surface area contributed by atoms with E-state index in [1.165, 1.54) is 0 Å². The molecule has 0 bridgehead atoms. The monoisotopic (exact) mass is 398 g/mol. The summed E-state index contributed by atoms with van der Waals surface area (Å²) in [6.07, 6.45) is 3.30. The highest BCUT2D eigenvalue weighted by molar-refractivity contribution is 7.80. The molecule has 1 unspecified atom stereocenters. The lowest BCUT2D eigenvalue weighted by molar-refractivity contribution is -0.126. The molecule has 0 spiro atoms. The van der Waals surface area contributed by atoms with E-state index in [-0.39, 0.29) is 17.9 Å². The summed E-state index contributed by atoms with van der Waals surface area (Å²) in [6.45, 7) is 1.57. The third kappa shape index (κ3) is 4.78. The van der Waals surface area contributed by atoms with Crippen molar-refractivity contribution < 1.29 is 9.53 Å². The Hall–Kier alpha value is -2.67. The molecule has 0 radical (unpaired) electrons. The molecular formula is C21H26N4O2S. The van der Waals surface area contributed by atoms with E-state index in [1.807, 2.05) is 49.5 Å². The van der Waals surface area contributed by atoms with E-state index in [0.29, 0.717) is 0 Å². The molecule has 1 aliphatic rings. The molecule has 1 amide bonds. The number of piperidine rings is 1. The van der Waals surface area contributed by atoms with Crippen LogP contribution in [0.4, 0.5) is 0 Å². The summed E-state index contributed by atoms with van der Waals surface area (Å²) in [6, 6.07) is 13.1. The van der Waals surface area contributed by atoms with Crippen LogP contribution in [0.1, 0.15) is 30.1 Å². The lowest BCUT2D eigenvalue weighted by Crippen LogP contribution is -2.46. The third-order valence-electron chi connectivity index (χ3n) is 5.06. The molecule has 2 N–H and O–H groups in total. The molecule has 1 aliphatic heterocycles. The number of likely N-dealkylation sites (tertiary alicyclic amines) is 1. The van der Waals surface area contributed by atoms with Gasteiger partial charge in [0.2, 0.25) is 5.91 Å². The maximum Gasteiger partial charge on any atom is 0.224 e. The molecular weight excluding hydrogens is 372 g/mol. The Bertz CT molecular complexity index is 807. The summed E-state index contributed by atoms with van der Waals surface area (Å²) < 4.78 is 5.35. The number of aromatic nitrogens is 1. The molecule has 1 aromatic heterocycles. The molecule has 1 fully saturated rings. The van der Waals surface area contributed by atoms with Crippen molar-refractivity contribution in [3.8, 4) is 5.75 Å². The normalized spacial score (nSPS) is 15.6. The van der Waals surface area contributed by atoms with E-state index >= 15 is 0 Å². The largest absolute Gasteiger partial charge is 0.497 e. The van der Waals surface area contributed by atoms with Gasteiger partial charge in [0.1, 0.15) is 5.75 Å². The SMILES string of the molecule is CNC(=S)N1CCC(C(=O)NC(c2cccc(OC)c2)c2ccccn2)CC1. The van der Waals surface area contributed by atoms with Gasteiger partial charge < -0.3 is 20.3 Å². The smallest absolute Gasteiger partial charge is 0.224 e. The van der Waals surface area contributed by atoms with E-state index in [9.17, 15) is 4.79 Å². The number of nitrogens with one attached hydrogen (secondary N) is 2. The molecule has 6 nitrogen and oxygen atoms in total. The first kappa shape index (κ1) is 20.1. The fourth-order valence-electron chi connectivity index (χ4n) is 3.46. The lowest BCUT2D eigenvalue weighted by Gasteiger charge is -2.33. The Labute approximate surface area is 171 Å². The number of hydrogen-bond donors (Lipinski definition) is 2. The molecule has 3 rings (SSSR count). The molecule has 2 aromatic rings. The molecule has 1 atom stereocenters. The van der Waals surface area contributed by atoms with E-state index < -0.39 is 0 Å². The number of rotatable bonds is 5. The Balaban J connectivity index is 1.75. The zero-order valence-electron chi connectivity index (χ0n) is 16.2. The zero-order valence-corrected chi connectivity index (χ0v) is 17.0. The Morgan fingerprint density at radius 2 is 2.04 bits per heavy atom. The first-order chi connectivity index (χ1) is 13.6. The van der Waals surface area contributed by atoms with Crippen LogP contribution in [0.5, 0.6) is 5.75 Å². The van der Waals surface area contributed by atoms with Crippen molar-refractivity contribution in [1.82, 2.24) is 20.5 Å². The number of pyridine rings is 1. The van der Waals surface area contributed by atoms with E-state index in [2.05, 4.69) is 20.5 Å². The average Bonchev–Trinajstić information content (AvgIpc) is 2.77. The second-order valence-corrected chi connectivity index (χ2v) is 7.18. The third-order valence-corrected chi connectivity index (χ3v) is 5.53. The minimum atomic E-state index is -0.319. The molecule has 148 valence electrons. The number of carbonyl (C=O) groups excluding carboxylic acids is 1. The van der Waals surface area contributed by atoms with Gasteiger partial charge in [0.05, 0.1) is 18.8 Å². The highest BCUT2D eigenvalue weighted by atomic mass is 32.1. The molecule has 7 heteroatoms. The Morgan fingerprint density at radius 1 is 1.25 bits per heavy atom. The molecule has 1 saturated heterocycles. The van der Waals surface area contributed by atoms with Gasteiger partial charge in [-0.3, -0.25) is 9.78 Å². The maximum absolute atomic E-state index is 13.0. The second-order valence-electron chi connectivity index (χ2n) is 6.79. The number of benzene rings is 1. The van der Waals surface area contributed by atoms with E-state index in [1.54, 1.807) is 13.3 Å². The fourth-order valence-corrected chi connectivity index (χ4v) is 3.64. The van der Waals surface area contributed by atoms with Gasteiger partial charge in [-0.15, -0.1) is 0 Å². The summed E-state index contributed by atoms with van der Waals surface area (Å²) in [7, 11) is 3.46. The summed E-state index contributed by atoms with van der Waals surface area (Å²) in [5.41, 5.74) is 1.75. The van der Waals surface area contributed by atoms with Crippen molar-refractivity contribution in [2.45, 2.75) is 18.9 Å². The van der Waals surface area contributed by atoms with Crippen LogP contribution in [0.15, 0.2) is 48.7 Å². The van der Waals surface area contributed by atoms with Gasteiger partial charge in [-0.25, -0.2) is 0 Å². The molecule has 0 saturated carbocycles. The summed E-state index contributed by atoms with van der Waals surface area (Å²) >= 11 is 5.30. The van der Waals surface area contributed by atoms with Gasteiger partial charge in [0.25, 0.3) is 0 Å². The quantitative estimate of drug-likeness (QED) is 0.755. The molecule has 0 aliphatic carbocycles. The highest BCUT2D eigenvalue weighted by Gasteiger charge is 2.28. The van der Waals surface area contributed by atoms with Gasteiger partial charge in [0.15, 0.2) is 5.11 Å². The van der Waals surface area contributed by atoms with Crippen molar-refractivity contribution in [3.63, 3.8) is 0 Å². The first-order valence-electron chi connectivity index (χ1n) is 9.44. The second kappa shape index (κ2) is 9.50. The van der Waals surface area contributed by atoms with Crippen molar-refractivity contribution in [1.29, 1.82) is 0 Å². The van der Waals surface area contributed by atoms with Crippen LogP contribution in [0.2, 0.25) is 0 Å². The van der Waals surface area contributed by atoms with E-state index in [4.69, 9.17) is 17.0 Å². The van der Waals surface area contributed by atoms with Crippen LogP contribution in [-0.2, 0) is 4.79 Å². The van der Waals surface area contributed by atoms with Crippen LogP contribution < -0.4 is 15.4 Å².